The van der Waals surface area contributed by atoms with Crippen LogP contribution in [0.2, 0.25) is 0 Å². The summed E-state index contributed by atoms with van der Waals surface area (Å²) in [5.74, 6) is 0.0678. The van der Waals surface area contributed by atoms with Gasteiger partial charge in [-0.15, -0.1) is 11.3 Å². The normalized spacial score (nSPS) is 20.1. The van der Waals surface area contributed by atoms with E-state index in [0.29, 0.717) is 6.42 Å². The Bertz CT molecular complexity index is 447. The van der Waals surface area contributed by atoms with Gasteiger partial charge in [-0.25, -0.2) is 0 Å². The van der Waals surface area contributed by atoms with Crippen LogP contribution in [0.5, 0.6) is 0 Å². The van der Waals surface area contributed by atoms with Crippen molar-refractivity contribution < 1.29 is 4.79 Å². The largest absolute Gasteiger partial charge is 0.352 e. The molecular weight excluding hydrogens is 232 g/mol. The number of fused-ring (bicyclic) bond motifs is 1. The average molecular weight is 248 g/mol. The van der Waals surface area contributed by atoms with Gasteiger partial charge >= 0.3 is 0 Å². The Morgan fingerprint density at radius 2 is 2.59 bits per heavy atom. The van der Waals surface area contributed by atoms with E-state index in [-0.39, 0.29) is 17.9 Å². The maximum Gasteiger partial charge on any atom is 0.227 e. The maximum absolute atomic E-state index is 12.1. The average Bonchev–Trinajstić information content (AvgIpc) is 2.76. The van der Waals surface area contributed by atoms with Crippen LogP contribution in [0.4, 0.5) is 0 Å². The van der Waals surface area contributed by atoms with Gasteiger partial charge in [-0.2, -0.15) is 5.26 Å². The fourth-order valence-corrected chi connectivity index (χ4v) is 3.28. The summed E-state index contributed by atoms with van der Waals surface area (Å²) in [5, 5.41) is 13.6. The van der Waals surface area contributed by atoms with Gasteiger partial charge in [0.15, 0.2) is 0 Å². The van der Waals surface area contributed by atoms with Crippen molar-refractivity contribution in [1.82, 2.24) is 5.32 Å². The quantitative estimate of drug-likeness (QED) is 0.894. The topological polar surface area (TPSA) is 52.9 Å². The van der Waals surface area contributed by atoms with Crippen molar-refractivity contribution in [1.29, 1.82) is 5.26 Å². The molecule has 0 saturated heterocycles. The first-order chi connectivity index (χ1) is 8.22. The van der Waals surface area contributed by atoms with Gasteiger partial charge in [-0.1, -0.05) is 0 Å². The van der Waals surface area contributed by atoms with E-state index in [1.54, 1.807) is 11.3 Å². The third-order valence-electron chi connectivity index (χ3n) is 3.15. The zero-order chi connectivity index (χ0) is 12.3. The molecule has 1 aromatic rings. The monoisotopic (exact) mass is 248 g/mol. The summed E-state index contributed by atoms with van der Waals surface area (Å²) in [4.78, 5) is 13.5. The molecule has 0 spiro atoms. The first kappa shape index (κ1) is 12.1. The molecule has 0 fully saturated rings. The van der Waals surface area contributed by atoms with E-state index in [2.05, 4.69) is 22.8 Å². The molecule has 2 rings (SSSR count). The highest BCUT2D eigenvalue weighted by Crippen LogP contribution is 2.35. The van der Waals surface area contributed by atoms with Crippen molar-refractivity contribution in [2.24, 2.45) is 0 Å². The number of thiophene rings is 1. The standard InChI is InChI=1S/C13H16N2OS/c1-9(5-7-14)15-13(16)11-3-2-4-12-10(11)6-8-17-12/h6,8-9,11H,2-5H2,1H3,(H,15,16). The third kappa shape index (κ3) is 2.67. The van der Waals surface area contributed by atoms with Gasteiger partial charge in [-0.3, -0.25) is 4.79 Å². The molecule has 1 heterocycles. The molecule has 1 aliphatic rings. The molecule has 17 heavy (non-hydrogen) atoms. The minimum atomic E-state index is -0.0588. The van der Waals surface area contributed by atoms with E-state index < -0.39 is 0 Å². The van der Waals surface area contributed by atoms with Crippen LogP contribution in [-0.2, 0) is 11.2 Å². The minimum Gasteiger partial charge on any atom is -0.352 e. The Balaban J connectivity index is 2.05. The first-order valence-corrected chi connectivity index (χ1v) is 6.84. The number of rotatable bonds is 3. The highest BCUT2D eigenvalue weighted by atomic mass is 32.1. The van der Waals surface area contributed by atoms with Crippen molar-refractivity contribution in [2.75, 3.05) is 0 Å². The molecule has 2 atom stereocenters. The molecule has 2 unspecified atom stereocenters. The van der Waals surface area contributed by atoms with Crippen LogP contribution in [0.1, 0.15) is 42.5 Å². The second-order valence-corrected chi connectivity index (χ2v) is 5.52. The first-order valence-electron chi connectivity index (χ1n) is 5.96. The lowest BCUT2D eigenvalue weighted by molar-refractivity contribution is -0.123. The Hall–Kier alpha value is -1.34. The van der Waals surface area contributed by atoms with Crippen LogP contribution in [0, 0.1) is 11.3 Å². The van der Waals surface area contributed by atoms with Crippen molar-refractivity contribution in [2.45, 2.75) is 44.6 Å². The van der Waals surface area contributed by atoms with Crippen LogP contribution >= 0.6 is 11.3 Å². The maximum atomic E-state index is 12.1. The molecule has 1 amide bonds. The molecule has 4 heteroatoms. The van der Waals surface area contributed by atoms with Gasteiger partial charge in [0.2, 0.25) is 5.91 Å². The summed E-state index contributed by atoms with van der Waals surface area (Å²) in [6, 6.07) is 4.09. The molecule has 1 N–H and O–H groups in total. The second-order valence-electron chi connectivity index (χ2n) is 4.52. The number of carbonyl (C=O) groups excluding carboxylic acids is 1. The Labute approximate surface area is 105 Å². The molecular formula is C13H16N2OS. The fourth-order valence-electron chi connectivity index (χ4n) is 2.29. The highest BCUT2D eigenvalue weighted by molar-refractivity contribution is 7.10. The summed E-state index contributed by atoms with van der Waals surface area (Å²) < 4.78 is 0. The predicted octanol–water partition coefficient (Wildman–Crippen LogP) is 2.59. The number of carbonyl (C=O) groups is 1. The predicted molar refractivity (Wildman–Crippen MR) is 67.8 cm³/mol. The molecule has 3 nitrogen and oxygen atoms in total. The van der Waals surface area contributed by atoms with Crippen molar-refractivity contribution in [3.8, 4) is 6.07 Å². The molecule has 1 aromatic heterocycles. The van der Waals surface area contributed by atoms with Crippen LogP contribution in [0.15, 0.2) is 11.4 Å². The van der Waals surface area contributed by atoms with Crippen molar-refractivity contribution in [3.63, 3.8) is 0 Å². The van der Waals surface area contributed by atoms with Crippen molar-refractivity contribution in [3.05, 3.63) is 21.9 Å². The van der Waals surface area contributed by atoms with Gasteiger partial charge in [0.1, 0.15) is 0 Å². The molecule has 90 valence electrons. The summed E-state index contributed by atoms with van der Waals surface area (Å²) in [5.41, 5.74) is 1.20. The van der Waals surface area contributed by atoms with Gasteiger partial charge < -0.3 is 5.32 Å². The zero-order valence-electron chi connectivity index (χ0n) is 9.90. The van der Waals surface area contributed by atoms with E-state index >= 15 is 0 Å². The lowest BCUT2D eigenvalue weighted by Gasteiger charge is -2.23. The molecule has 0 saturated carbocycles. The Morgan fingerprint density at radius 1 is 1.76 bits per heavy atom. The summed E-state index contributed by atoms with van der Waals surface area (Å²) in [6.45, 7) is 1.87. The zero-order valence-corrected chi connectivity index (χ0v) is 10.7. The molecule has 1 aliphatic carbocycles. The Morgan fingerprint density at radius 3 is 3.35 bits per heavy atom. The second kappa shape index (κ2) is 5.33. The summed E-state index contributed by atoms with van der Waals surface area (Å²) >= 11 is 1.74. The third-order valence-corrected chi connectivity index (χ3v) is 4.15. The lowest BCUT2D eigenvalue weighted by Crippen LogP contribution is -2.37. The van der Waals surface area contributed by atoms with Gasteiger partial charge in [0.25, 0.3) is 0 Å². The molecule has 0 aromatic carbocycles. The molecule has 0 radical (unpaired) electrons. The number of hydrogen-bond acceptors (Lipinski definition) is 3. The minimum absolute atomic E-state index is 0.00820. The summed E-state index contributed by atoms with van der Waals surface area (Å²) in [6.07, 6.45) is 3.48. The number of nitrogens with zero attached hydrogens (tertiary/aromatic N) is 1. The SMILES string of the molecule is CC(CC#N)NC(=O)C1CCCc2sccc21. The van der Waals surface area contributed by atoms with Crippen molar-refractivity contribution >= 4 is 17.2 Å². The van der Waals surface area contributed by atoms with E-state index in [1.165, 1.54) is 10.4 Å². The van der Waals surface area contributed by atoms with Gasteiger partial charge in [-0.05, 0) is 43.2 Å². The highest BCUT2D eigenvalue weighted by Gasteiger charge is 2.27. The van der Waals surface area contributed by atoms with Gasteiger partial charge in [0, 0.05) is 10.9 Å². The number of nitrogens with one attached hydrogen (secondary N) is 1. The van der Waals surface area contributed by atoms with E-state index in [1.807, 2.05) is 6.92 Å². The number of amides is 1. The van der Waals surface area contributed by atoms with Crippen LogP contribution in [0.3, 0.4) is 0 Å². The lowest BCUT2D eigenvalue weighted by atomic mass is 9.87. The molecule has 0 bridgehead atoms. The molecule has 0 aliphatic heterocycles. The number of aryl methyl sites for hydroxylation is 1. The van der Waals surface area contributed by atoms with E-state index in [4.69, 9.17) is 5.26 Å². The van der Waals surface area contributed by atoms with Crippen LogP contribution < -0.4 is 5.32 Å². The van der Waals surface area contributed by atoms with E-state index in [9.17, 15) is 4.79 Å². The summed E-state index contributed by atoms with van der Waals surface area (Å²) in [7, 11) is 0. The number of nitriles is 1. The van der Waals surface area contributed by atoms with Gasteiger partial charge in [0.05, 0.1) is 18.4 Å². The fraction of sp³-hybridized carbons (Fsp3) is 0.538. The smallest absolute Gasteiger partial charge is 0.227 e. The van der Waals surface area contributed by atoms with E-state index in [0.717, 1.165) is 19.3 Å². The number of hydrogen-bond donors (Lipinski definition) is 1. The Kier molecular flexibility index (Phi) is 3.80. The van der Waals surface area contributed by atoms with Crippen LogP contribution in [-0.4, -0.2) is 11.9 Å². The van der Waals surface area contributed by atoms with Crippen LogP contribution in [0.25, 0.3) is 0 Å².